The first-order valence-corrected chi connectivity index (χ1v) is 6.43. The first-order chi connectivity index (χ1) is 8.24. The molecule has 0 saturated carbocycles. The average molecular weight is 232 g/mol. The summed E-state index contributed by atoms with van der Waals surface area (Å²) in [4.78, 5) is 2.55. The number of nitrogen functional groups attached to an aromatic ring is 1. The molecule has 0 spiro atoms. The fraction of sp³-hybridized carbons (Fsp3) is 0.571. The molecule has 0 aromatic heterocycles. The Morgan fingerprint density at radius 3 is 2.94 bits per heavy atom. The van der Waals surface area contributed by atoms with E-state index in [4.69, 9.17) is 10.5 Å². The molecule has 2 N–H and O–H groups in total. The Balaban J connectivity index is 1.72. The van der Waals surface area contributed by atoms with Gasteiger partial charge in [-0.2, -0.15) is 0 Å². The zero-order valence-corrected chi connectivity index (χ0v) is 10.4. The fourth-order valence-electron chi connectivity index (χ4n) is 2.96. The fourth-order valence-corrected chi connectivity index (χ4v) is 2.96. The van der Waals surface area contributed by atoms with Gasteiger partial charge in [-0.1, -0.05) is 6.07 Å². The Labute approximate surface area is 103 Å². The van der Waals surface area contributed by atoms with Crippen LogP contribution >= 0.6 is 0 Å². The van der Waals surface area contributed by atoms with Crippen molar-refractivity contribution in [2.75, 3.05) is 18.9 Å². The monoisotopic (exact) mass is 232 g/mol. The highest BCUT2D eigenvalue weighted by Crippen LogP contribution is 2.30. The minimum Gasteiger partial charge on any atom is -0.399 e. The predicted octanol–water partition coefficient (Wildman–Crippen LogP) is 2.01. The van der Waals surface area contributed by atoms with Crippen LogP contribution in [0.25, 0.3) is 0 Å². The summed E-state index contributed by atoms with van der Waals surface area (Å²) in [6.07, 6.45) is 1.20. The van der Waals surface area contributed by atoms with E-state index in [-0.39, 0.29) is 0 Å². The zero-order chi connectivity index (χ0) is 11.8. The molecule has 17 heavy (non-hydrogen) atoms. The predicted molar refractivity (Wildman–Crippen MR) is 68.5 cm³/mol. The lowest BCUT2D eigenvalue weighted by molar-refractivity contribution is 0.127. The van der Waals surface area contributed by atoms with E-state index in [0.717, 1.165) is 32.0 Å². The Bertz CT molecular complexity index is 413. The van der Waals surface area contributed by atoms with Crippen molar-refractivity contribution in [3.8, 4) is 0 Å². The van der Waals surface area contributed by atoms with Crippen LogP contribution in [0.1, 0.15) is 24.5 Å². The quantitative estimate of drug-likeness (QED) is 0.793. The van der Waals surface area contributed by atoms with Crippen molar-refractivity contribution in [3.05, 3.63) is 29.3 Å². The zero-order valence-electron chi connectivity index (χ0n) is 10.4. The highest BCUT2D eigenvalue weighted by atomic mass is 16.5. The first-order valence-electron chi connectivity index (χ1n) is 6.43. The van der Waals surface area contributed by atoms with Crippen LogP contribution in [0.4, 0.5) is 5.69 Å². The minimum absolute atomic E-state index is 0.603. The van der Waals surface area contributed by atoms with Gasteiger partial charge in [-0.05, 0) is 42.5 Å². The van der Waals surface area contributed by atoms with Crippen LogP contribution in [0.15, 0.2) is 18.2 Å². The molecular weight excluding hydrogens is 212 g/mol. The number of benzene rings is 1. The molecule has 2 heterocycles. The van der Waals surface area contributed by atoms with Crippen LogP contribution in [0.3, 0.4) is 0 Å². The molecule has 0 bridgehead atoms. The van der Waals surface area contributed by atoms with E-state index < -0.39 is 0 Å². The number of nitrogens with two attached hydrogens (primary N) is 1. The van der Waals surface area contributed by atoms with Crippen LogP contribution in [0, 0.1) is 5.92 Å². The van der Waals surface area contributed by atoms with Crippen molar-refractivity contribution in [2.45, 2.75) is 32.5 Å². The Morgan fingerprint density at radius 1 is 1.35 bits per heavy atom. The van der Waals surface area contributed by atoms with Crippen LogP contribution in [-0.4, -0.2) is 24.2 Å². The van der Waals surface area contributed by atoms with Crippen molar-refractivity contribution in [3.63, 3.8) is 0 Å². The van der Waals surface area contributed by atoms with Crippen LogP contribution in [0.5, 0.6) is 0 Å². The van der Waals surface area contributed by atoms with Gasteiger partial charge in [0.25, 0.3) is 0 Å². The summed E-state index contributed by atoms with van der Waals surface area (Å²) in [6.45, 7) is 6.29. The number of anilines is 1. The molecule has 1 aromatic carbocycles. The lowest BCUT2D eigenvalue weighted by Gasteiger charge is -2.28. The van der Waals surface area contributed by atoms with Gasteiger partial charge in [-0.3, -0.25) is 4.90 Å². The van der Waals surface area contributed by atoms with Gasteiger partial charge < -0.3 is 10.5 Å². The van der Waals surface area contributed by atoms with Gasteiger partial charge in [0.05, 0.1) is 6.61 Å². The lowest BCUT2D eigenvalue weighted by atomic mass is 9.99. The number of hydrogen-bond donors (Lipinski definition) is 1. The molecule has 2 aliphatic rings. The molecule has 3 nitrogen and oxygen atoms in total. The Hall–Kier alpha value is -1.06. The van der Waals surface area contributed by atoms with Crippen molar-refractivity contribution < 1.29 is 4.74 Å². The van der Waals surface area contributed by atoms with E-state index in [2.05, 4.69) is 24.0 Å². The standard InChI is InChI=1S/C14H20N2O/c1-10(12-4-5-17-9-12)16-7-11-2-3-14(15)6-13(11)8-16/h2-3,6,10,12H,4-5,7-9,15H2,1H3. The highest BCUT2D eigenvalue weighted by molar-refractivity contribution is 5.46. The van der Waals surface area contributed by atoms with Crippen molar-refractivity contribution in [2.24, 2.45) is 5.92 Å². The number of hydrogen-bond acceptors (Lipinski definition) is 3. The molecule has 1 aromatic rings. The van der Waals surface area contributed by atoms with E-state index in [1.807, 2.05) is 6.07 Å². The van der Waals surface area contributed by atoms with Gasteiger partial charge in [-0.15, -0.1) is 0 Å². The largest absolute Gasteiger partial charge is 0.399 e. The van der Waals surface area contributed by atoms with Crippen molar-refractivity contribution in [1.82, 2.24) is 4.90 Å². The number of rotatable bonds is 2. The molecular formula is C14H20N2O. The third kappa shape index (κ3) is 2.05. The molecule has 3 rings (SSSR count). The summed E-state index contributed by atoms with van der Waals surface area (Å²) in [5.74, 6) is 0.696. The SMILES string of the molecule is CC(C1CCOC1)N1Cc2ccc(N)cc2C1. The van der Waals surface area contributed by atoms with Gasteiger partial charge in [0.15, 0.2) is 0 Å². The van der Waals surface area contributed by atoms with E-state index in [1.54, 1.807) is 0 Å². The summed E-state index contributed by atoms with van der Waals surface area (Å²) in [5.41, 5.74) is 9.55. The number of ether oxygens (including phenoxy) is 1. The van der Waals surface area contributed by atoms with Gasteiger partial charge in [-0.25, -0.2) is 0 Å². The summed E-state index contributed by atoms with van der Waals surface area (Å²) >= 11 is 0. The maximum atomic E-state index is 5.84. The summed E-state index contributed by atoms with van der Waals surface area (Å²) < 4.78 is 5.49. The molecule has 1 fully saturated rings. The highest BCUT2D eigenvalue weighted by Gasteiger charge is 2.30. The second-order valence-electron chi connectivity index (χ2n) is 5.30. The van der Waals surface area contributed by atoms with Gasteiger partial charge in [0.1, 0.15) is 0 Å². The van der Waals surface area contributed by atoms with Crippen molar-refractivity contribution in [1.29, 1.82) is 0 Å². The molecule has 2 atom stereocenters. The van der Waals surface area contributed by atoms with E-state index in [1.165, 1.54) is 17.5 Å². The Morgan fingerprint density at radius 2 is 2.18 bits per heavy atom. The second kappa shape index (κ2) is 4.31. The second-order valence-corrected chi connectivity index (χ2v) is 5.30. The molecule has 2 aliphatic heterocycles. The molecule has 92 valence electrons. The number of fused-ring (bicyclic) bond motifs is 1. The maximum absolute atomic E-state index is 5.84. The molecule has 1 saturated heterocycles. The maximum Gasteiger partial charge on any atom is 0.0509 e. The molecule has 3 heteroatoms. The summed E-state index contributed by atoms with van der Waals surface area (Å²) in [5, 5.41) is 0. The Kier molecular flexibility index (Phi) is 2.81. The molecule has 0 aliphatic carbocycles. The van der Waals surface area contributed by atoms with E-state index in [9.17, 15) is 0 Å². The van der Waals surface area contributed by atoms with Gasteiger partial charge >= 0.3 is 0 Å². The van der Waals surface area contributed by atoms with Gasteiger partial charge in [0, 0.05) is 31.4 Å². The van der Waals surface area contributed by atoms with Crippen LogP contribution in [0.2, 0.25) is 0 Å². The third-order valence-corrected chi connectivity index (χ3v) is 4.20. The summed E-state index contributed by atoms with van der Waals surface area (Å²) in [7, 11) is 0. The van der Waals surface area contributed by atoms with E-state index >= 15 is 0 Å². The van der Waals surface area contributed by atoms with Crippen LogP contribution in [-0.2, 0) is 17.8 Å². The summed E-state index contributed by atoms with van der Waals surface area (Å²) in [6, 6.07) is 6.90. The molecule has 0 amide bonds. The van der Waals surface area contributed by atoms with E-state index in [0.29, 0.717) is 12.0 Å². The topological polar surface area (TPSA) is 38.5 Å². The molecule has 0 radical (unpaired) electrons. The average Bonchev–Trinajstić information content (AvgIpc) is 2.96. The van der Waals surface area contributed by atoms with Crippen LogP contribution < -0.4 is 5.73 Å². The van der Waals surface area contributed by atoms with Gasteiger partial charge in [0.2, 0.25) is 0 Å². The first kappa shape index (κ1) is 11.1. The normalized spacial score (nSPS) is 26.1. The minimum atomic E-state index is 0.603. The third-order valence-electron chi connectivity index (χ3n) is 4.20. The lowest BCUT2D eigenvalue weighted by Crippen LogP contribution is -2.34. The smallest absolute Gasteiger partial charge is 0.0509 e. The number of nitrogens with zero attached hydrogens (tertiary/aromatic N) is 1. The van der Waals surface area contributed by atoms with Crippen molar-refractivity contribution >= 4 is 5.69 Å². The molecule has 2 unspecified atom stereocenters.